The van der Waals surface area contributed by atoms with Gasteiger partial charge >= 0.3 is 0 Å². The predicted molar refractivity (Wildman–Crippen MR) is 87.1 cm³/mol. The fraction of sp³-hybridized carbons (Fsp3) is 0.389. The fourth-order valence-electron chi connectivity index (χ4n) is 2.79. The molecule has 3 rings (SSSR count). The van der Waals surface area contributed by atoms with Crippen LogP contribution in [0.2, 0.25) is 0 Å². The molecule has 1 N–H and O–H groups in total. The van der Waals surface area contributed by atoms with Crippen molar-refractivity contribution in [2.24, 2.45) is 5.92 Å². The lowest BCUT2D eigenvalue weighted by Gasteiger charge is -2.32. The zero-order valence-corrected chi connectivity index (χ0v) is 13.3. The molecule has 2 aromatic rings. The van der Waals surface area contributed by atoms with E-state index >= 15 is 0 Å². The highest BCUT2D eigenvalue weighted by atomic mass is 16.2. The lowest BCUT2D eigenvalue weighted by atomic mass is 9.85. The van der Waals surface area contributed by atoms with Gasteiger partial charge in [-0.25, -0.2) is 0 Å². The maximum atomic E-state index is 12.8. The number of hydrogen-bond acceptors (Lipinski definition) is 3. The summed E-state index contributed by atoms with van der Waals surface area (Å²) in [5.41, 5.74) is 1.79. The van der Waals surface area contributed by atoms with E-state index in [-0.39, 0.29) is 11.7 Å². The summed E-state index contributed by atoms with van der Waals surface area (Å²) in [7, 11) is 0. The van der Waals surface area contributed by atoms with Crippen LogP contribution in [0.5, 0.6) is 0 Å². The number of rotatable bonds is 6. The number of nitrogens with one attached hydrogen (secondary N) is 1. The monoisotopic (exact) mass is 311 g/mol. The Labute approximate surface area is 135 Å². The molecule has 1 heterocycles. The smallest absolute Gasteiger partial charge is 0.272 e. The highest BCUT2D eigenvalue weighted by Gasteiger charge is 2.25. The Morgan fingerprint density at radius 3 is 2.57 bits per heavy atom. The number of Topliss-reactive ketones (excluding diaryl/α,β-unsaturated/α-hetero) is 1. The number of nitrogens with zero attached hydrogens (tertiary/aromatic N) is 2. The lowest BCUT2D eigenvalue weighted by molar-refractivity contribution is 0.0673. The summed E-state index contributed by atoms with van der Waals surface area (Å²) >= 11 is 0. The van der Waals surface area contributed by atoms with Crippen molar-refractivity contribution >= 4 is 11.7 Å². The number of hydrogen-bond donors (Lipinski definition) is 1. The SMILES string of the molecule is CC(=O)c1cc(C(=O)N(Cc2ccccc2)CC2CCC2)[nH]n1. The summed E-state index contributed by atoms with van der Waals surface area (Å²) in [6.07, 6.45) is 3.61. The van der Waals surface area contributed by atoms with Crippen LogP contribution in [0.25, 0.3) is 0 Å². The molecule has 1 amide bonds. The minimum absolute atomic E-state index is 0.0965. The lowest BCUT2D eigenvalue weighted by Crippen LogP contribution is -2.37. The van der Waals surface area contributed by atoms with Crippen molar-refractivity contribution in [2.45, 2.75) is 32.7 Å². The third-order valence-corrected chi connectivity index (χ3v) is 4.38. The van der Waals surface area contributed by atoms with E-state index in [4.69, 9.17) is 0 Å². The summed E-state index contributed by atoms with van der Waals surface area (Å²) in [4.78, 5) is 26.0. The number of aromatic nitrogens is 2. The van der Waals surface area contributed by atoms with E-state index in [9.17, 15) is 9.59 Å². The molecule has 0 bridgehead atoms. The van der Waals surface area contributed by atoms with Crippen LogP contribution in [0.1, 0.15) is 52.7 Å². The van der Waals surface area contributed by atoms with Crippen LogP contribution in [0.3, 0.4) is 0 Å². The van der Waals surface area contributed by atoms with Crippen molar-refractivity contribution in [3.05, 3.63) is 53.3 Å². The average Bonchev–Trinajstić information content (AvgIpc) is 3.00. The molecule has 5 heteroatoms. The van der Waals surface area contributed by atoms with Gasteiger partial charge in [0.05, 0.1) is 0 Å². The molecule has 23 heavy (non-hydrogen) atoms. The molecule has 0 radical (unpaired) electrons. The molecule has 1 aromatic heterocycles. The van der Waals surface area contributed by atoms with Gasteiger partial charge in [-0.3, -0.25) is 14.7 Å². The molecule has 0 unspecified atom stereocenters. The number of carbonyl (C=O) groups excluding carboxylic acids is 2. The largest absolute Gasteiger partial charge is 0.333 e. The van der Waals surface area contributed by atoms with E-state index in [1.54, 1.807) is 6.07 Å². The highest BCUT2D eigenvalue weighted by molar-refractivity contribution is 5.97. The number of ketones is 1. The summed E-state index contributed by atoms with van der Waals surface area (Å²) in [6, 6.07) is 11.5. The molecule has 120 valence electrons. The van der Waals surface area contributed by atoms with Crippen LogP contribution < -0.4 is 0 Å². The van der Waals surface area contributed by atoms with E-state index < -0.39 is 0 Å². The summed E-state index contributed by atoms with van der Waals surface area (Å²) in [6.45, 7) is 2.77. The Morgan fingerprint density at radius 1 is 1.26 bits per heavy atom. The van der Waals surface area contributed by atoms with Crippen LogP contribution >= 0.6 is 0 Å². The van der Waals surface area contributed by atoms with Gasteiger partial charge in [0.2, 0.25) is 0 Å². The normalized spacial score (nSPS) is 14.3. The third kappa shape index (κ3) is 3.67. The van der Waals surface area contributed by atoms with Crippen molar-refractivity contribution in [1.82, 2.24) is 15.1 Å². The second-order valence-electron chi connectivity index (χ2n) is 6.19. The first-order valence-electron chi connectivity index (χ1n) is 8.03. The standard InChI is InChI=1S/C18H21N3O2/c1-13(22)16-10-17(20-19-16)18(23)21(12-15-8-5-9-15)11-14-6-3-2-4-7-14/h2-4,6-7,10,15H,5,8-9,11-12H2,1H3,(H,19,20). The van der Waals surface area contributed by atoms with Crippen molar-refractivity contribution in [3.63, 3.8) is 0 Å². The van der Waals surface area contributed by atoms with Crippen LogP contribution in [0.15, 0.2) is 36.4 Å². The van der Waals surface area contributed by atoms with Gasteiger partial charge in [-0.15, -0.1) is 0 Å². The van der Waals surface area contributed by atoms with Gasteiger partial charge in [0, 0.05) is 20.0 Å². The average molecular weight is 311 g/mol. The fourth-order valence-corrected chi connectivity index (χ4v) is 2.79. The van der Waals surface area contributed by atoms with E-state index in [0.29, 0.717) is 23.9 Å². The summed E-state index contributed by atoms with van der Waals surface area (Å²) in [5.74, 6) is 0.340. The van der Waals surface area contributed by atoms with Crippen molar-refractivity contribution in [1.29, 1.82) is 0 Å². The predicted octanol–water partition coefficient (Wildman–Crippen LogP) is 3.05. The summed E-state index contributed by atoms with van der Waals surface area (Å²) in [5, 5.41) is 6.62. The van der Waals surface area contributed by atoms with Gasteiger partial charge < -0.3 is 4.90 Å². The van der Waals surface area contributed by atoms with Crippen LogP contribution in [-0.4, -0.2) is 33.3 Å². The summed E-state index contributed by atoms with van der Waals surface area (Å²) < 4.78 is 0. The Balaban J connectivity index is 1.77. The molecule has 1 aliphatic rings. The molecule has 1 fully saturated rings. The molecule has 1 aliphatic carbocycles. The van der Waals surface area contributed by atoms with Gasteiger partial charge in [0.15, 0.2) is 5.78 Å². The van der Waals surface area contributed by atoms with Crippen molar-refractivity contribution in [2.75, 3.05) is 6.54 Å². The molecule has 0 aliphatic heterocycles. The Kier molecular flexibility index (Phi) is 4.55. The Hall–Kier alpha value is -2.43. The molecule has 1 saturated carbocycles. The Bertz CT molecular complexity index is 689. The topological polar surface area (TPSA) is 66.1 Å². The minimum atomic E-state index is -0.145. The van der Waals surface area contributed by atoms with Crippen molar-refractivity contribution < 1.29 is 9.59 Å². The number of carbonyl (C=O) groups is 2. The molecule has 0 saturated heterocycles. The van der Waals surface area contributed by atoms with Gasteiger partial charge in [0.1, 0.15) is 11.4 Å². The first-order chi connectivity index (χ1) is 11.1. The third-order valence-electron chi connectivity index (χ3n) is 4.38. The number of amides is 1. The van der Waals surface area contributed by atoms with Gasteiger partial charge in [-0.2, -0.15) is 5.10 Å². The zero-order chi connectivity index (χ0) is 16.2. The molecular formula is C18H21N3O2. The molecular weight excluding hydrogens is 290 g/mol. The number of H-pyrrole nitrogens is 1. The van der Waals surface area contributed by atoms with E-state index in [1.165, 1.54) is 26.2 Å². The van der Waals surface area contributed by atoms with Crippen LogP contribution in [0.4, 0.5) is 0 Å². The number of benzene rings is 1. The Morgan fingerprint density at radius 2 is 2.00 bits per heavy atom. The maximum Gasteiger partial charge on any atom is 0.272 e. The van der Waals surface area contributed by atoms with Gasteiger partial charge in [-0.05, 0) is 30.4 Å². The molecule has 5 nitrogen and oxygen atoms in total. The van der Waals surface area contributed by atoms with Gasteiger partial charge in [0.25, 0.3) is 5.91 Å². The second-order valence-corrected chi connectivity index (χ2v) is 6.19. The first-order valence-corrected chi connectivity index (χ1v) is 8.03. The molecule has 0 spiro atoms. The van der Waals surface area contributed by atoms with E-state index in [0.717, 1.165) is 12.1 Å². The second kappa shape index (κ2) is 6.77. The zero-order valence-electron chi connectivity index (χ0n) is 13.3. The molecule has 1 aromatic carbocycles. The van der Waals surface area contributed by atoms with E-state index in [2.05, 4.69) is 10.2 Å². The minimum Gasteiger partial charge on any atom is -0.333 e. The maximum absolute atomic E-state index is 12.8. The van der Waals surface area contributed by atoms with Crippen LogP contribution in [0, 0.1) is 5.92 Å². The quantitative estimate of drug-likeness (QED) is 0.834. The van der Waals surface area contributed by atoms with E-state index in [1.807, 2.05) is 35.2 Å². The van der Waals surface area contributed by atoms with Gasteiger partial charge in [-0.1, -0.05) is 36.8 Å². The first kappa shape index (κ1) is 15.5. The van der Waals surface area contributed by atoms with Crippen molar-refractivity contribution in [3.8, 4) is 0 Å². The number of aromatic amines is 1. The molecule has 0 atom stereocenters. The van der Waals surface area contributed by atoms with Crippen LogP contribution in [-0.2, 0) is 6.54 Å². The highest BCUT2D eigenvalue weighted by Crippen LogP contribution is 2.28.